The summed E-state index contributed by atoms with van der Waals surface area (Å²) in [5.74, 6) is 0.429. The number of ether oxygens (including phenoxy) is 2. The van der Waals surface area contributed by atoms with Gasteiger partial charge in [0.15, 0.2) is 5.78 Å². The van der Waals surface area contributed by atoms with Gasteiger partial charge < -0.3 is 9.47 Å². The van der Waals surface area contributed by atoms with E-state index >= 15 is 0 Å². The molecule has 0 bridgehead atoms. The van der Waals surface area contributed by atoms with Crippen molar-refractivity contribution in [1.29, 1.82) is 0 Å². The van der Waals surface area contributed by atoms with Crippen molar-refractivity contribution in [2.75, 3.05) is 13.2 Å². The van der Waals surface area contributed by atoms with E-state index in [2.05, 4.69) is 15.0 Å². The lowest BCUT2D eigenvalue weighted by atomic mass is 10.1. The van der Waals surface area contributed by atoms with Gasteiger partial charge in [0.1, 0.15) is 18.4 Å². The van der Waals surface area contributed by atoms with Gasteiger partial charge in [-0.3, -0.25) is 23.5 Å². The predicted molar refractivity (Wildman–Crippen MR) is 120 cm³/mol. The van der Waals surface area contributed by atoms with Gasteiger partial charge in [-0.05, 0) is 30.3 Å². The van der Waals surface area contributed by atoms with E-state index in [0.717, 1.165) is 0 Å². The van der Waals surface area contributed by atoms with Gasteiger partial charge in [0, 0.05) is 48.2 Å². The molecular formula is C24H21N5O5. The fraction of sp³-hybridized carbons (Fsp3) is 0.167. The highest BCUT2D eigenvalue weighted by Gasteiger charge is 2.11. The van der Waals surface area contributed by atoms with E-state index in [1.54, 1.807) is 48.8 Å². The maximum atomic E-state index is 12.7. The SMILES string of the molecule is O=C(c1ccc(OCCC(=O)n2ccnc2)cc1)c1ccc(OCCC(=O)n2ccnc2)nc1. The lowest BCUT2D eigenvalue weighted by Gasteiger charge is -2.08. The highest BCUT2D eigenvalue weighted by molar-refractivity contribution is 6.08. The molecule has 0 aliphatic heterocycles. The molecule has 3 aromatic heterocycles. The van der Waals surface area contributed by atoms with E-state index in [4.69, 9.17) is 9.47 Å². The number of ketones is 1. The number of hydrogen-bond acceptors (Lipinski definition) is 8. The van der Waals surface area contributed by atoms with Gasteiger partial charge in [0.25, 0.3) is 0 Å². The summed E-state index contributed by atoms with van der Waals surface area (Å²) in [6.07, 6.45) is 10.9. The summed E-state index contributed by atoms with van der Waals surface area (Å²) >= 11 is 0. The molecule has 1 aromatic carbocycles. The maximum absolute atomic E-state index is 12.7. The molecule has 4 rings (SSSR count). The molecule has 0 N–H and O–H groups in total. The van der Waals surface area contributed by atoms with Gasteiger partial charge in [-0.2, -0.15) is 0 Å². The summed E-state index contributed by atoms with van der Waals surface area (Å²) < 4.78 is 13.9. The smallest absolute Gasteiger partial charge is 0.235 e. The van der Waals surface area contributed by atoms with E-state index in [0.29, 0.717) is 22.8 Å². The minimum absolute atomic E-state index is 0.117. The third kappa shape index (κ3) is 5.80. The quantitative estimate of drug-likeness (QED) is 0.332. The second kappa shape index (κ2) is 10.8. The Morgan fingerprint density at radius 2 is 1.32 bits per heavy atom. The molecule has 0 spiro atoms. The fourth-order valence-electron chi connectivity index (χ4n) is 3.04. The Kier molecular flexibility index (Phi) is 7.19. The molecule has 10 nitrogen and oxygen atoms in total. The van der Waals surface area contributed by atoms with Crippen molar-refractivity contribution in [2.24, 2.45) is 0 Å². The van der Waals surface area contributed by atoms with Crippen LogP contribution in [0.3, 0.4) is 0 Å². The molecule has 4 aromatic rings. The number of rotatable bonds is 10. The predicted octanol–water partition coefficient (Wildman–Crippen LogP) is 2.92. The normalized spacial score (nSPS) is 10.6. The minimum atomic E-state index is -0.198. The topological polar surface area (TPSA) is 118 Å². The van der Waals surface area contributed by atoms with Gasteiger partial charge in [-0.15, -0.1) is 0 Å². The zero-order valence-corrected chi connectivity index (χ0v) is 18.1. The van der Waals surface area contributed by atoms with Crippen LogP contribution in [-0.4, -0.2) is 54.9 Å². The first kappa shape index (κ1) is 22.6. The lowest BCUT2D eigenvalue weighted by molar-refractivity contribution is 0.0871. The standard InChI is InChI=1S/C24H21N5O5/c30-22(28-11-9-25-16-28)7-13-33-20-4-1-18(2-5-20)24(32)19-3-6-21(27-15-19)34-14-8-23(31)29-12-10-26-17-29/h1-6,9-12,15-17H,7-8,13-14H2. The second-order valence-electron chi connectivity index (χ2n) is 7.16. The third-order valence-electron chi connectivity index (χ3n) is 4.85. The molecule has 172 valence electrons. The Bertz CT molecular complexity index is 1140. The van der Waals surface area contributed by atoms with Crippen LogP contribution < -0.4 is 9.47 Å². The number of pyridine rings is 1. The molecule has 0 radical (unpaired) electrons. The number of aromatic nitrogens is 5. The molecule has 3 heterocycles. The molecule has 34 heavy (non-hydrogen) atoms. The Morgan fingerprint density at radius 1 is 0.735 bits per heavy atom. The van der Waals surface area contributed by atoms with Crippen LogP contribution in [0.2, 0.25) is 0 Å². The zero-order chi connectivity index (χ0) is 23.8. The summed E-state index contributed by atoms with van der Waals surface area (Å²) in [4.78, 5) is 48.3. The highest BCUT2D eigenvalue weighted by Crippen LogP contribution is 2.17. The second-order valence-corrected chi connectivity index (χ2v) is 7.16. The van der Waals surface area contributed by atoms with Crippen molar-refractivity contribution in [1.82, 2.24) is 24.1 Å². The summed E-state index contributed by atoms with van der Waals surface area (Å²) in [5.41, 5.74) is 0.879. The number of nitrogens with zero attached hydrogens (tertiary/aromatic N) is 5. The van der Waals surface area contributed by atoms with Gasteiger partial charge in [0.05, 0.1) is 26.1 Å². The highest BCUT2D eigenvalue weighted by atomic mass is 16.5. The molecular weight excluding hydrogens is 438 g/mol. The van der Waals surface area contributed by atoms with E-state index < -0.39 is 0 Å². The number of benzene rings is 1. The summed E-state index contributed by atoms with van der Waals surface area (Å²) in [6, 6.07) is 9.87. The number of carbonyl (C=O) groups is 3. The molecule has 0 atom stereocenters. The average Bonchev–Trinajstić information content (AvgIpc) is 3.59. The van der Waals surface area contributed by atoms with Gasteiger partial charge in [-0.1, -0.05) is 0 Å². The van der Waals surface area contributed by atoms with Crippen LogP contribution in [0.4, 0.5) is 0 Å². The van der Waals surface area contributed by atoms with E-state index in [-0.39, 0.29) is 43.7 Å². The summed E-state index contributed by atoms with van der Waals surface area (Å²) in [5, 5.41) is 0. The Morgan fingerprint density at radius 3 is 1.85 bits per heavy atom. The van der Waals surface area contributed by atoms with Gasteiger partial charge in [-0.25, -0.2) is 15.0 Å². The van der Waals surface area contributed by atoms with E-state index in [1.807, 2.05) is 0 Å². The molecule has 0 saturated heterocycles. The van der Waals surface area contributed by atoms with Gasteiger partial charge >= 0.3 is 0 Å². The first-order valence-corrected chi connectivity index (χ1v) is 10.5. The van der Waals surface area contributed by atoms with Crippen LogP contribution in [0.1, 0.15) is 38.4 Å². The van der Waals surface area contributed by atoms with Crippen LogP contribution in [0.25, 0.3) is 0 Å². The number of hydrogen-bond donors (Lipinski definition) is 0. The fourth-order valence-corrected chi connectivity index (χ4v) is 3.04. The monoisotopic (exact) mass is 459 g/mol. The molecule has 0 saturated carbocycles. The Hall–Kier alpha value is -4.60. The van der Waals surface area contributed by atoms with Crippen LogP contribution in [0, 0.1) is 0 Å². The van der Waals surface area contributed by atoms with Crippen molar-refractivity contribution in [2.45, 2.75) is 12.8 Å². The molecule has 0 amide bonds. The zero-order valence-electron chi connectivity index (χ0n) is 18.1. The lowest BCUT2D eigenvalue weighted by Crippen LogP contribution is -2.13. The first-order chi connectivity index (χ1) is 16.6. The van der Waals surface area contributed by atoms with Crippen LogP contribution >= 0.6 is 0 Å². The molecule has 10 heteroatoms. The third-order valence-corrected chi connectivity index (χ3v) is 4.85. The van der Waals surface area contributed by atoms with E-state index in [9.17, 15) is 14.4 Å². The molecule has 0 unspecified atom stereocenters. The van der Waals surface area contributed by atoms with Crippen LogP contribution in [-0.2, 0) is 0 Å². The maximum Gasteiger partial charge on any atom is 0.235 e. The average molecular weight is 459 g/mol. The number of imidazole rings is 2. The van der Waals surface area contributed by atoms with Crippen molar-refractivity contribution in [3.8, 4) is 11.6 Å². The minimum Gasteiger partial charge on any atom is -0.493 e. The molecule has 0 aliphatic rings. The van der Waals surface area contributed by atoms with Gasteiger partial charge in [0.2, 0.25) is 17.7 Å². The van der Waals surface area contributed by atoms with Crippen molar-refractivity contribution < 1.29 is 23.9 Å². The van der Waals surface area contributed by atoms with Crippen molar-refractivity contribution >= 4 is 17.6 Å². The molecule has 0 fully saturated rings. The first-order valence-electron chi connectivity index (χ1n) is 10.5. The van der Waals surface area contributed by atoms with Crippen molar-refractivity contribution in [3.63, 3.8) is 0 Å². The Labute approximate surface area is 194 Å². The van der Waals surface area contributed by atoms with Crippen LogP contribution in [0.15, 0.2) is 80.0 Å². The Balaban J connectivity index is 1.24. The van der Waals surface area contributed by atoms with Crippen LogP contribution in [0.5, 0.6) is 11.6 Å². The summed E-state index contributed by atoms with van der Waals surface area (Å²) in [6.45, 7) is 0.371. The van der Waals surface area contributed by atoms with E-state index in [1.165, 1.54) is 40.4 Å². The molecule has 0 aliphatic carbocycles. The summed E-state index contributed by atoms with van der Waals surface area (Å²) in [7, 11) is 0. The van der Waals surface area contributed by atoms with Crippen molar-refractivity contribution in [3.05, 3.63) is 91.2 Å². The number of carbonyl (C=O) groups excluding carboxylic acids is 3. The largest absolute Gasteiger partial charge is 0.493 e.